The molecule has 0 N–H and O–H groups in total. The minimum atomic E-state index is -0.564. The van der Waals surface area contributed by atoms with Crippen LogP contribution in [0.2, 0.25) is 0 Å². The molecule has 33 heavy (non-hydrogen) atoms. The lowest BCUT2D eigenvalue weighted by Crippen LogP contribution is -2.36. The van der Waals surface area contributed by atoms with E-state index in [1.54, 1.807) is 11.0 Å². The number of nitrogens with zero attached hydrogens (tertiary/aromatic N) is 1. The quantitative estimate of drug-likeness (QED) is 0.515. The van der Waals surface area contributed by atoms with Gasteiger partial charge in [-0.05, 0) is 67.6 Å². The van der Waals surface area contributed by atoms with Gasteiger partial charge in [0.15, 0.2) is 5.43 Å². The predicted molar refractivity (Wildman–Crippen MR) is 126 cm³/mol. The van der Waals surface area contributed by atoms with Crippen LogP contribution < -0.4 is 10.2 Å². The third-order valence-electron chi connectivity index (χ3n) is 6.55. The van der Waals surface area contributed by atoms with Crippen molar-refractivity contribution < 1.29 is 18.7 Å². The molecule has 5 rings (SSSR count). The fourth-order valence-corrected chi connectivity index (χ4v) is 4.75. The molecule has 2 atom stereocenters. The summed E-state index contributed by atoms with van der Waals surface area (Å²) in [5, 5.41) is 0.493. The lowest BCUT2D eigenvalue weighted by Gasteiger charge is -2.27. The maximum absolute atomic E-state index is 13.7. The third kappa shape index (κ3) is 3.74. The Kier molecular flexibility index (Phi) is 5.54. The number of carbonyl (C=O) groups is 1. The topological polar surface area (TPSA) is 69.0 Å². The average molecular weight is 446 g/mol. The summed E-state index contributed by atoms with van der Waals surface area (Å²) in [5.41, 5.74) is 3.48. The maximum atomic E-state index is 13.7. The fourth-order valence-electron chi connectivity index (χ4n) is 4.75. The molecule has 0 bridgehead atoms. The highest BCUT2D eigenvalue weighted by molar-refractivity contribution is 5.99. The first-order valence-electron chi connectivity index (χ1n) is 11.3. The average Bonchev–Trinajstić information content (AvgIpc) is 3.42. The molecule has 1 amide bonds. The molecule has 1 saturated heterocycles. The number of benzene rings is 2. The van der Waals surface area contributed by atoms with E-state index < -0.39 is 6.04 Å². The summed E-state index contributed by atoms with van der Waals surface area (Å²) in [6, 6.07) is 10.6. The van der Waals surface area contributed by atoms with Crippen molar-refractivity contribution >= 4 is 16.9 Å². The molecule has 170 valence electrons. The molecule has 2 unspecified atom stereocenters. The van der Waals surface area contributed by atoms with Crippen molar-refractivity contribution in [2.45, 2.75) is 38.8 Å². The second-order valence-corrected chi connectivity index (χ2v) is 8.77. The summed E-state index contributed by atoms with van der Waals surface area (Å²) < 4.78 is 17.6. The SMILES string of the molecule is C=CCOc1cccc(C2c3c(oc4cc(C)c(C)cc4c3=O)C(=O)N2CC2CCCO2)c1. The largest absolute Gasteiger partial charge is 0.490 e. The lowest BCUT2D eigenvalue weighted by molar-refractivity contribution is 0.0486. The van der Waals surface area contributed by atoms with Gasteiger partial charge in [0.25, 0.3) is 5.91 Å². The highest BCUT2D eigenvalue weighted by Gasteiger charge is 2.44. The molecule has 6 heteroatoms. The van der Waals surface area contributed by atoms with Gasteiger partial charge in [-0.2, -0.15) is 0 Å². The standard InChI is InChI=1S/C27H27NO5/c1-4-10-31-19-8-5-7-18(14-19)24-23-25(29)21-12-16(2)17(3)13-22(21)33-26(23)27(30)28(24)15-20-9-6-11-32-20/h4-5,7-8,12-14,20,24H,1,6,9-11,15H2,2-3H3. The molecule has 0 aliphatic carbocycles. The zero-order valence-electron chi connectivity index (χ0n) is 18.9. The number of aryl methyl sites for hydroxylation is 2. The summed E-state index contributed by atoms with van der Waals surface area (Å²) >= 11 is 0. The van der Waals surface area contributed by atoms with E-state index in [2.05, 4.69) is 6.58 Å². The first-order chi connectivity index (χ1) is 16.0. The molecule has 6 nitrogen and oxygen atoms in total. The molecule has 2 aliphatic rings. The van der Waals surface area contributed by atoms with Gasteiger partial charge in [0, 0.05) is 13.2 Å². The summed E-state index contributed by atoms with van der Waals surface area (Å²) in [6.45, 7) is 9.08. The Morgan fingerprint density at radius 2 is 2.00 bits per heavy atom. The van der Waals surface area contributed by atoms with Crippen molar-refractivity contribution in [3.05, 3.63) is 87.3 Å². The van der Waals surface area contributed by atoms with Crippen molar-refractivity contribution in [2.75, 3.05) is 19.8 Å². The van der Waals surface area contributed by atoms with Crippen LogP contribution in [-0.2, 0) is 4.74 Å². The molecule has 2 aromatic carbocycles. The highest BCUT2D eigenvalue weighted by atomic mass is 16.5. The van der Waals surface area contributed by atoms with E-state index in [1.807, 2.05) is 50.2 Å². The Labute approximate surface area is 192 Å². The van der Waals surface area contributed by atoms with Crippen LogP contribution in [0, 0.1) is 13.8 Å². The first-order valence-corrected chi connectivity index (χ1v) is 11.3. The van der Waals surface area contributed by atoms with E-state index in [9.17, 15) is 9.59 Å². The van der Waals surface area contributed by atoms with Crippen LogP contribution in [0.3, 0.4) is 0 Å². The molecule has 2 aliphatic heterocycles. The van der Waals surface area contributed by atoms with Crippen LogP contribution in [0.4, 0.5) is 0 Å². The maximum Gasteiger partial charge on any atom is 0.291 e. The summed E-state index contributed by atoms with van der Waals surface area (Å²) in [4.78, 5) is 29.0. The van der Waals surface area contributed by atoms with E-state index in [0.29, 0.717) is 42.0 Å². The number of fused-ring (bicyclic) bond motifs is 2. The number of carbonyl (C=O) groups excluding carboxylic acids is 1. The number of hydrogen-bond acceptors (Lipinski definition) is 5. The first kappa shape index (κ1) is 21.5. The van der Waals surface area contributed by atoms with Crippen LogP contribution in [0.5, 0.6) is 5.75 Å². The Hall–Kier alpha value is -3.38. The molecule has 3 aromatic rings. The molecule has 1 fully saturated rings. The van der Waals surface area contributed by atoms with Crippen LogP contribution in [0.25, 0.3) is 11.0 Å². The summed E-state index contributed by atoms with van der Waals surface area (Å²) in [7, 11) is 0. The Morgan fingerprint density at radius 1 is 1.18 bits per heavy atom. The van der Waals surface area contributed by atoms with Crippen LogP contribution >= 0.6 is 0 Å². The minimum Gasteiger partial charge on any atom is -0.490 e. The van der Waals surface area contributed by atoms with Crippen molar-refractivity contribution in [1.29, 1.82) is 0 Å². The van der Waals surface area contributed by atoms with Gasteiger partial charge >= 0.3 is 0 Å². The predicted octanol–water partition coefficient (Wildman–Crippen LogP) is 4.70. The molecule has 3 heterocycles. The van der Waals surface area contributed by atoms with Crippen molar-refractivity contribution in [3.63, 3.8) is 0 Å². The van der Waals surface area contributed by atoms with Crippen molar-refractivity contribution in [1.82, 2.24) is 4.90 Å². The van der Waals surface area contributed by atoms with Gasteiger partial charge in [0.2, 0.25) is 5.76 Å². The van der Waals surface area contributed by atoms with E-state index >= 15 is 0 Å². The lowest BCUT2D eigenvalue weighted by atomic mass is 9.97. The second-order valence-electron chi connectivity index (χ2n) is 8.77. The number of ether oxygens (including phenoxy) is 2. The van der Waals surface area contributed by atoms with Crippen molar-refractivity contribution in [2.24, 2.45) is 0 Å². The Balaban J connectivity index is 1.68. The highest BCUT2D eigenvalue weighted by Crippen LogP contribution is 2.40. The van der Waals surface area contributed by atoms with Gasteiger partial charge in [0.1, 0.15) is 17.9 Å². The Bertz CT molecular complexity index is 1300. The molecular weight excluding hydrogens is 418 g/mol. The van der Waals surface area contributed by atoms with Gasteiger partial charge in [-0.25, -0.2) is 0 Å². The summed E-state index contributed by atoms with van der Waals surface area (Å²) in [6.07, 6.45) is 3.47. The third-order valence-corrected chi connectivity index (χ3v) is 6.55. The minimum absolute atomic E-state index is 0.0556. The van der Waals surface area contributed by atoms with Gasteiger partial charge < -0.3 is 18.8 Å². The molecule has 0 spiro atoms. The Morgan fingerprint density at radius 3 is 2.76 bits per heavy atom. The zero-order valence-corrected chi connectivity index (χ0v) is 18.9. The number of amides is 1. The summed E-state index contributed by atoms with van der Waals surface area (Å²) in [5.74, 6) is 0.498. The van der Waals surface area contributed by atoms with E-state index in [0.717, 1.165) is 29.5 Å². The fraction of sp³-hybridized carbons (Fsp3) is 0.333. The molecule has 0 saturated carbocycles. The van der Waals surface area contributed by atoms with Crippen LogP contribution in [0.1, 0.15) is 51.7 Å². The second kappa shape index (κ2) is 8.52. The van der Waals surface area contributed by atoms with Gasteiger partial charge in [-0.15, -0.1) is 0 Å². The number of hydrogen-bond donors (Lipinski definition) is 0. The van der Waals surface area contributed by atoms with E-state index in [1.165, 1.54) is 0 Å². The van der Waals surface area contributed by atoms with E-state index in [-0.39, 0.29) is 23.2 Å². The van der Waals surface area contributed by atoms with Crippen LogP contribution in [-0.4, -0.2) is 36.7 Å². The molecular formula is C27H27NO5. The number of rotatable bonds is 6. The van der Waals surface area contributed by atoms with Gasteiger partial charge in [-0.3, -0.25) is 9.59 Å². The normalized spacial score (nSPS) is 19.8. The smallest absolute Gasteiger partial charge is 0.291 e. The van der Waals surface area contributed by atoms with Gasteiger partial charge in [-0.1, -0.05) is 24.8 Å². The molecule has 1 aromatic heterocycles. The van der Waals surface area contributed by atoms with Gasteiger partial charge in [0.05, 0.1) is 23.1 Å². The van der Waals surface area contributed by atoms with E-state index in [4.69, 9.17) is 13.9 Å². The zero-order chi connectivity index (χ0) is 23.1. The monoisotopic (exact) mass is 445 g/mol. The van der Waals surface area contributed by atoms with Crippen molar-refractivity contribution in [3.8, 4) is 5.75 Å². The van der Waals surface area contributed by atoms with Crippen LogP contribution in [0.15, 0.2) is 58.3 Å². The molecule has 0 radical (unpaired) electrons.